The highest BCUT2D eigenvalue weighted by molar-refractivity contribution is 7.71. The number of aromatic amines is 1. The van der Waals surface area contributed by atoms with E-state index in [1.165, 1.54) is 16.7 Å². The Kier molecular flexibility index (Phi) is 4.63. The maximum atomic E-state index is 12.9. The minimum atomic E-state index is -4.43. The number of aryl methyl sites for hydroxylation is 1. The van der Waals surface area contributed by atoms with E-state index in [1.807, 2.05) is 25.1 Å². The molecule has 8 heteroatoms. The van der Waals surface area contributed by atoms with Crippen molar-refractivity contribution in [2.75, 3.05) is 0 Å². The minimum absolute atomic E-state index is 0.0623. The van der Waals surface area contributed by atoms with Crippen LogP contribution in [0.15, 0.2) is 48.5 Å². The Labute approximate surface area is 146 Å². The van der Waals surface area contributed by atoms with Gasteiger partial charge in [-0.3, -0.25) is 9.67 Å². The Morgan fingerprint density at radius 3 is 2.64 bits per heavy atom. The molecule has 0 radical (unpaired) electrons. The van der Waals surface area contributed by atoms with E-state index in [4.69, 9.17) is 17.0 Å². The molecule has 3 aromatic rings. The number of nitrogens with zero attached hydrogens (tertiary/aromatic N) is 2. The quantitative estimate of drug-likeness (QED) is 0.673. The SMILES string of the molecule is Cc1cccc(OCc2n[nH]c(=S)n2-c2cccc(C(F)(F)F)c2)c1. The molecule has 0 aliphatic heterocycles. The van der Waals surface area contributed by atoms with Gasteiger partial charge in [0.1, 0.15) is 12.4 Å². The molecule has 130 valence electrons. The summed E-state index contributed by atoms with van der Waals surface area (Å²) >= 11 is 5.15. The molecule has 25 heavy (non-hydrogen) atoms. The molecule has 0 spiro atoms. The number of H-pyrrole nitrogens is 1. The van der Waals surface area contributed by atoms with Crippen molar-refractivity contribution in [3.05, 3.63) is 70.3 Å². The minimum Gasteiger partial charge on any atom is -0.486 e. The fourth-order valence-electron chi connectivity index (χ4n) is 2.37. The Morgan fingerprint density at radius 1 is 1.16 bits per heavy atom. The van der Waals surface area contributed by atoms with Gasteiger partial charge < -0.3 is 4.74 Å². The number of rotatable bonds is 4. The summed E-state index contributed by atoms with van der Waals surface area (Å²) in [5.41, 5.74) is 0.560. The first kappa shape index (κ1) is 17.2. The normalized spacial score (nSPS) is 11.5. The van der Waals surface area contributed by atoms with Gasteiger partial charge in [-0.25, -0.2) is 0 Å². The first-order valence-electron chi connectivity index (χ1n) is 7.38. The van der Waals surface area contributed by atoms with E-state index in [2.05, 4.69) is 10.2 Å². The van der Waals surface area contributed by atoms with Crippen molar-refractivity contribution < 1.29 is 17.9 Å². The van der Waals surface area contributed by atoms with E-state index in [9.17, 15) is 13.2 Å². The van der Waals surface area contributed by atoms with Crippen LogP contribution in [0, 0.1) is 11.7 Å². The van der Waals surface area contributed by atoms with Gasteiger partial charge >= 0.3 is 6.18 Å². The summed E-state index contributed by atoms with van der Waals surface area (Å²) in [4.78, 5) is 0. The predicted molar refractivity (Wildman–Crippen MR) is 89.3 cm³/mol. The van der Waals surface area contributed by atoms with Crippen LogP contribution in [-0.2, 0) is 12.8 Å². The number of nitrogens with one attached hydrogen (secondary N) is 1. The van der Waals surface area contributed by atoms with Crippen LogP contribution in [-0.4, -0.2) is 14.8 Å². The van der Waals surface area contributed by atoms with E-state index >= 15 is 0 Å². The van der Waals surface area contributed by atoms with Crippen molar-refractivity contribution in [2.45, 2.75) is 19.7 Å². The van der Waals surface area contributed by atoms with E-state index in [0.717, 1.165) is 17.7 Å². The first-order chi connectivity index (χ1) is 11.8. The summed E-state index contributed by atoms with van der Waals surface area (Å²) in [5, 5.41) is 6.66. The van der Waals surface area contributed by atoms with Crippen molar-refractivity contribution >= 4 is 12.2 Å². The number of hydrogen-bond acceptors (Lipinski definition) is 3. The molecule has 0 amide bonds. The molecule has 3 rings (SSSR count). The molecule has 0 fully saturated rings. The first-order valence-corrected chi connectivity index (χ1v) is 7.79. The topological polar surface area (TPSA) is 42.8 Å². The summed E-state index contributed by atoms with van der Waals surface area (Å²) in [6, 6.07) is 12.4. The van der Waals surface area contributed by atoms with Gasteiger partial charge in [0.25, 0.3) is 0 Å². The van der Waals surface area contributed by atoms with Crippen LogP contribution in [0.25, 0.3) is 5.69 Å². The van der Waals surface area contributed by atoms with E-state index in [1.54, 1.807) is 6.07 Å². The fourth-order valence-corrected chi connectivity index (χ4v) is 2.62. The lowest BCUT2D eigenvalue weighted by molar-refractivity contribution is -0.137. The zero-order valence-corrected chi connectivity index (χ0v) is 14.0. The van der Waals surface area contributed by atoms with Crippen molar-refractivity contribution in [1.29, 1.82) is 0 Å². The zero-order valence-electron chi connectivity index (χ0n) is 13.2. The second-order valence-corrected chi connectivity index (χ2v) is 5.82. The third-order valence-electron chi connectivity index (χ3n) is 3.53. The smallest absolute Gasteiger partial charge is 0.416 e. The van der Waals surface area contributed by atoms with Crippen LogP contribution in [0.5, 0.6) is 5.75 Å². The van der Waals surface area contributed by atoms with E-state index in [0.29, 0.717) is 11.6 Å². The van der Waals surface area contributed by atoms with Crippen molar-refractivity contribution in [2.24, 2.45) is 0 Å². The third-order valence-corrected chi connectivity index (χ3v) is 3.80. The van der Waals surface area contributed by atoms with Gasteiger partial charge in [-0.1, -0.05) is 18.2 Å². The van der Waals surface area contributed by atoms with Crippen LogP contribution < -0.4 is 4.74 Å². The van der Waals surface area contributed by atoms with E-state index < -0.39 is 11.7 Å². The maximum absolute atomic E-state index is 12.9. The lowest BCUT2D eigenvalue weighted by Gasteiger charge is -2.11. The molecule has 1 heterocycles. The molecular weight excluding hydrogens is 351 g/mol. The molecule has 0 bridgehead atoms. The highest BCUT2D eigenvalue weighted by Crippen LogP contribution is 2.30. The summed E-state index contributed by atoms with van der Waals surface area (Å²) in [6.07, 6.45) is -4.43. The van der Waals surface area contributed by atoms with Gasteiger partial charge in [0, 0.05) is 0 Å². The molecule has 0 atom stereocenters. The fraction of sp³-hybridized carbons (Fsp3) is 0.176. The zero-order chi connectivity index (χ0) is 18.0. The van der Waals surface area contributed by atoms with Crippen LogP contribution in [0.3, 0.4) is 0 Å². The summed E-state index contributed by atoms with van der Waals surface area (Å²) in [5.74, 6) is 1.02. The highest BCUT2D eigenvalue weighted by atomic mass is 32.1. The number of benzene rings is 2. The van der Waals surface area contributed by atoms with Crippen LogP contribution in [0.2, 0.25) is 0 Å². The van der Waals surface area contributed by atoms with Gasteiger partial charge in [-0.15, -0.1) is 0 Å². The molecule has 1 aromatic heterocycles. The Hall–Kier alpha value is -2.61. The number of ether oxygens (including phenoxy) is 1. The van der Waals surface area contributed by atoms with Crippen molar-refractivity contribution in [1.82, 2.24) is 14.8 Å². The lowest BCUT2D eigenvalue weighted by atomic mass is 10.2. The average Bonchev–Trinajstić information content (AvgIpc) is 2.93. The molecular formula is C17H14F3N3OS. The average molecular weight is 365 g/mol. The second kappa shape index (κ2) is 6.72. The Bertz CT molecular complexity index is 947. The monoisotopic (exact) mass is 365 g/mol. The highest BCUT2D eigenvalue weighted by Gasteiger charge is 2.30. The lowest BCUT2D eigenvalue weighted by Crippen LogP contribution is -2.09. The molecule has 2 aromatic carbocycles. The summed E-state index contributed by atoms with van der Waals surface area (Å²) < 4.78 is 46.1. The number of aromatic nitrogens is 3. The molecule has 0 aliphatic carbocycles. The van der Waals surface area contributed by atoms with Gasteiger partial charge in [-0.2, -0.15) is 18.3 Å². The third kappa shape index (κ3) is 3.90. The number of hydrogen-bond donors (Lipinski definition) is 1. The van der Waals surface area contributed by atoms with Crippen LogP contribution in [0.4, 0.5) is 13.2 Å². The molecule has 4 nitrogen and oxygen atoms in total. The molecule has 0 saturated carbocycles. The summed E-state index contributed by atoms with van der Waals surface area (Å²) in [6.45, 7) is 2.00. The van der Waals surface area contributed by atoms with Gasteiger partial charge in [-0.05, 0) is 55.0 Å². The molecule has 0 saturated heterocycles. The Balaban J connectivity index is 1.91. The largest absolute Gasteiger partial charge is 0.486 e. The van der Waals surface area contributed by atoms with Gasteiger partial charge in [0.15, 0.2) is 10.6 Å². The standard InChI is InChI=1S/C17H14F3N3OS/c1-11-4-2-7-14(8-11)24-10-15-21-22-16(25)23(15)13-6-3-5-12(9-13)17(18,19)20/h2-9H,10H2,1H3,(H,22,25). The number of halogens is 3. The van der Waals surface area contributed by atoms with Gasteiger partial charge in [0.05, 0.1) is 11.3 Å². The number of alkyl halides is 3. The molecule has 0 unspecified atom stereocenters. The molecule has 0 aliphatic rings. The van der Waals surface area contributed by atoms with E-state index in [-0.39, 0.29) is 17.1 Å². The Morgan fingerprint density at radius 2 is 1.92 bits per heavy atom. The van der Waals surface area contributed by atoms with Gasteiger partial charge in [0.2, 0.25) is 0 Å². The van der Waals surface area contributed by atoms with Crippen molar-refractivity contribution in [3.8, 4) is 11.4 Å². The van der Waals surface area contributed by atoms with Crippen LogP contribution in [0.1, 0.15) is 17.0 Å². The molecule has 1 N–H and O–H groups in total. The van der Waals surface area contributed by atoms with Crippen LogP contribution >= 0.6 is 12.2 Å². The predicted octanol–water partition coefficient (Wildman–Crippen LogP) is 4.84. The maximum Gasteiger partial charge on any atom is 0.416 e. The van der Waals surface area contributed by atoms with Crippen molar-refractivity contribution in [3.63, 3.8) is 0 Å². The summed E-state index contributed by atoms with van der Waals surface area (Å²) in [7, 11) is 0. The second-order valence-electron chi connectivity index (χ2n) is 5.43.